The van der Waals surface area contributed by atoms with Crippen molar-refractivity contribution >= 4 is 5.91 Å². The Morgan fingerprint density at radius 2 is 1.17 bits per heavy atom. The standard InChI is InChI=1S/C45H87NO8/c1-4-6-7-8-9-10-11-12-13-14-15-16-17-18-19-20-25-28-31-34-41(49)46-38(36-53-45-44(52)43(51)42(50)40(35-47)54-45)39(48)33-30-27-24-22-21-23-26-29-32-37(3)5-2/h30,33,37-40,42-45,47-48,50-52H,4-29,31-32,34-36H2,1-3H3,(H,46,49)/b33-30+/t37-,38+,39-,40-,42-,43+,44-,45-/m1/s1. The van der Waals surface area contributed by atoms with E-state index in [1.54, 1.807) is 6.08 Å². The van der Waals surface area contributed by atoms with Crippen LogP contribution < -0.4 is 5.32 Å². The van der Waals surface area contributed by atoms with Crippen molar-refractivity contribution in [3.8, 4) is 0 Å². The fourth-order valence-corrected chi connectivity index (χ4v) is 7.31. The van der Waals surface area contributed by atoms with Crippen LogP contribution in [0.5, 0.6) is 0 Å². The number of aliphatic hydroxyl groups is 5. The molecule has 1 saturated heterocycles. The maximum absolute atomic E-state index is 12.9. The van der Waals surface area contributed by atoms with Gasteiger partial charge in [0.1, 0.15) is 24.4 Å². The summed E-state index contributed by atoms with van der Waals surface area (Å²) >= 11 is 0. The lowest BCUT2D eigenvalue weighted by Gasteiger charge is -2.40. The molecule has 8 atom stereocenters. The smallest absolute Gasteiger partial charge is 0.220 e. The van der Waals surface area contributed by atoms with E-state index in [1.165, 1.54) is 141 Å². The quantitative estimate of drug-likeness (QED) is 0.0271. The third kappa shape index (κ3) is 26.0. The number of amides is 1. The number of hydrogen-bond acceptors (Lipinski definition) is 8. The van der Waals surface area contributed by atoms with Gasteiger partial charge in [-0.15, -0.1) is 0 Å². The summed E-state index contributed by atoms with van der Waals surface area (Å²) in [6.45, 7) is 6.10. The van der Waals surface area contributed by atoms with Crippen molar-refractivity contribution in [3.63, 3.8) is 0 Å². The van der Waals surface area contributed by atoms with Gasteiger partial charge in [-0.25, -0.2) is 0 Å². The maximum Gasteiger partial charge on any atom is 0.220 e. The molecule has 0 spiro atoms. The van der Waals surface area contributed by atoms with Crippen molar-refractivity contribution in [3.05, 3.63) is 12.2 Å². The second-order valence-electron chi connectivity index (χ2n) is 16.4. The molecule has 0 aromatic rings. The zero-order valence-corrected chi connectivity index (χ0v) is 35.2. The number of hydrogen-bond donors (Lipinski definition) is 6. The Labute approximate surface area is 331 Å². The van der Waals surface area contributed by atoms with Crippen LogP contribution in [0.2, 0.25) is 0 Å². The average Bonchev–Trinajstić information content (AvgIpc) is 3.17. The molecule has 0 aromatic carbocycles. The largest absolute Gasteiger partial charge is 0.394 e. The van der Waals surface area contributed by atoms with Gasteiger partial charge < -0.3 is 40.3 Å². The predicted octanol–water partition coefficient (Wildman–Crippen LogP) is 9.19. The minimum Gasteiger partial charge on any atom is -0.394 e. The normalized spacial score (nSPS) is 22.1. The van der Waals surface area contributed by atoms with Gasteiger partial charge >= 0.3 is 0 Å². The molecule has 0 unspecified atom stereocenters. The summed E-state index contributed by atoms with van der Waals surface area (Å²) in [5.41, 5.74) is 0. The molecule has 6 N–H and O–H groups in total. The molecule has 1 heterocycles. The van der Waals surface area contributed by atoms with E-state index < -0.39 is 49.5 Å². The second kappa shape index (κ2) is 35.1. The highest BCUT2D eigenvalue weighted by Crippen LogP contribution is 2.23. The van der Waals surface area contributed by atoms with E-state index in [1.807, 2.05) is 6.08 Å². The van der Waals surface area contributed by atoms with Gasteiger partial charge in [-0.2, -0.15) is 0 Å². The minimum atomic E-state index is -1.56. The van der Waals surface area contributed by atoms with Crippen LogP contribution in [-0.4, -0.2) is 87.5 Å². The first kappa shape index (κ1) is 50.9. The highest BCUT2D eigenvalue weighted by atomic mass is 16.7. The number of carbonyl (C=O) groups excluding carboxylic acids is 1. The van der Waals surface area contributed by atoms with E-state index in [0.717, 1.165) is 44.4 Å². The average molecular weight is 770 g/mol. The lowest BCUT2D eigenvalue weighted by Crippen LogP contribution is -2.60. The molecule has 0 aliphatic carbocycles. The van der Waals surface area contributed by atoms with Gasteiger partial charge in [0, 0.05) is 6.42 Å². The number of nitrogens with one attached hydrogen (secondary N) is 1. The predicted molar refractivity (Wildman–Crippen MR) is 221 cm³/mol. The molecule has 54 heavy (non-hydrogen) atoms. The van der Waals surface area contributed by atoms with E-state index in [0.29, 0.717) is 6.42 Å². The first-order valence-electron chi connectivity index (χ1n) is 22.8. The van der Waals surface area contributed by atoms with E-state index in [4.69, 9.17) is 9.47 Å². The van der Waals surface area contributed by atoms with Crippen molar-refractivity contribution in [1.29, 1.82) is 0 Å². The van der Waals surface area contributed by atoms with Crippen LogP contribution in [0.15, 0.2) is 12.2 Å². The summed E-state index contributed by atoms with van der Waals surface area (Å²) in [5.74, 6) is 0.640. The number of rotatable bonds is 37. The van der Waals surface area contributed by atoms with Gasteiger partial charge in [0.05, 0.1) is 25.4 Å². The monoisotopic (exact) mass is 770 g/mol. The first-order chi connectivity index (χ1) is 26.2. The molecule has 9 heteroatoms. The number of aliphatic hydroxyl groups excluding tert-OH is 5. The van der Waals surface area contributed by atoms with Crippen LogP contribution in [0.25, 0.3) is 0 Å². The molecule has 1 aliphatic rings. The molecule has 1 rings (SSSR count). The Balaban J connectivity index is 2.33. The molecule has 1 fully saturated rings. The van der Waals surface area contributed by atoms with Gasteiger partial charge in [0.25, 0.3) is 0 Å². The van der Waals surface area contributed by atoms with E-state index >= 15 is 0 Å². The van der Waals surface area contributed by atoms with E-state index in [9.17, 15) is 30.3 Å². The number of allylic oxidation sites excluding steroid dienone is 1. The molecule has 1 aliphatic heterocycles. The molecule has 1 amide bonds. The zero-order valence-electron chi connectivity index (χ0n) is 35.2. The summed E-state index contributed by atoms with van der Waals surface area (Å²) in [6.07, 6.45) is 31.1. The summed E-state index contributed by atoms with van der Waals surface area (Å²) in [5, 5.41) is 54.1. The van der Waals surface area contributed by atoms with Crippen LogP contribution in [0.1, 0.15) is 207 Å². The van der Waals surface area contributed by atoms with E-state index in [2.05, 4.69) is 26.1 Å². The van der Waals surface area contributed by atoms with Gasteiger partial charge in [-0.3, -0.25) is 4.79 Å². The number of carbonyl (C=O) groups is 1. The summed E-state index contributed by atoms with van der Waals surface area (Å²) < 4.78 is 11.2. The number of ether oxygens (including phenoxy) is 2. The van der Waals surface area contributed by atoms with Crippen molar-refractivity contribution in [1.82, 2.24) is 5.32 Å². The topological polar surface area (TPSA) is 149 Å². The summed E-state index contributed by atoms with van der Waals surface area (Å²) in [7, 11) is 0. The maximum atomic E-state index is 12.9. The molecule has 0 aromatic heterocycles. The van der Waals surface area contributed by atoms with E-state index in [-0.39, 0.29) is 12.5 Å². The fourth-order valence-electron chi connectivity index (χ4n) is 7.31. The minimum absolute atomic E-state index is 0.176. The van der Waals surface area contributed by atoms with Crippen LogP contribution in [-0.2, 0) is 14.3 Å². The van der Waals surface area contributed by atoms with Gasteiger partial charge in [-0.05, 0) is 25.2 Å². The highest BCUT2D eigenvalue weighted by molar-refractivity contribution is 5.76. The van der Waals surface area contributed by atoms with Crippen LogP contribution >= 0.6 is 0 Å². The van der Waals surface area contributed by atoms with Crippen molar-refractivity contribution in [2.24, 2.45) is 5.92 Å². The first-order valence-corrected chi connectivity index (χ1v) is 22.8. The van der Waals surface area contributed by atoms with Gasteiger partial charge in [0.2, 0.25) is 5.91 Å². The summed E-state index contributed by atoms with van der Waals surface area (Å²) in [6, 6.07) is -0.799. The molecule has 9 nitrogen and oxygen atoms in total. The van der Waals surface area contributed by atoms with Crippen LogP contribution in [0, 0.1) is 5.92 Å². The van der Waals surface area contributed by atoms with Crippen molar-refractivity contribution in [2.75, 3.05) is 13.2 Å². The second-order valence-corrected chi connectivity index (χ2v) is 16.4. The Hall–Kier alpha value is -1.07. The van der Waals surface area contributed by atoms with Crippen LogP contribution in [0.4, 0.5) is 0 Å². The third-order valence-corrected chi connectivity index (χ3v) is 11.4. The lowest BCUT2D eigenvalue weighted by atomic mass is 9.99. The fraction of sp³-hybridized carbons (Fsp3) is 0.933. The SMILES string of the molecule is CCCCCCCCCCCCCCCCCCCCCC(=O)N[C@@H](CO[C@@H]1O[C@H](CO)[C@@H](O)[C@H](O)[C@H]1O)[C@H](O)/C=C/CCCCCCCC[C@H](C)CC. The van der Waals surface area contributed by atoms with Crippen molar-refractivity contribution < 1.29 is 39.8 Å². The number of unbranched alkanes of at least 4 members (excludes halogenated alkanes) is 24. The van der Waals surface area contributed by atoms with Crippen LogP contribution in [0.3, 0.4) is 0 Å². The molecule has 0 saturated carbocycles. The summed E-state index contributed by atoms with van der Waals surface area (Å²) in [4.78, 5) is 12.9. The Morgan fingerprint density at radius 3 is 1.67 bits per heavy atom. The Kier molecular flexibility index (Phi) is 33.1. The molecule has 0 bridgehead atoms. The Morgan fingerprint density at radius 1 is 0.685 bits per heavy atom. The molecular formula is C45H87NO8. The molecule has 0 radical (unpaired) electrons. The Bertz CT molecular complexity index is 873. The van der Waals surface area contributed by atoms with Crippen molar-refractivity contribution in [2.45, 2.75) is 250 Å². The molecule has 320 valence electrons. The van der Waals surface area contributed by atoms with Gasteiger partial charge in [0.15, 0.2) is 6.29 Å². The lowest BCUT2D eigenvalue weighted by molar-refractivity contribution is -0.302. The molecular weight excluding hydrogens is 682 g/mol. The highest BCUT2D eigenvalue weighted by Gasteiger charge is 2.44. The van der Waals surface area contributed by atoms with Gasteiger partial charge in [-0.1, -0.05) is 193 Å². The zero-order chi connectivity index (χ0) is 39.7. The third-order valence-electron chi connectivity index (χ3n) is 11.4.